The van der Waals surface area contributed by atoms with Crippen LogP contribution in [0.3, 0.4) is 0 Å². The minimum Gasteiger partial charge on any atom is -0.388 e. The van der Waals surface area contributed by atoms with Crippen LogP contribution in [0.2, 0.25) is 0 Å². The van der Waals surface area contributed by atoms with E-state index in [0.29, 0.717) is 0 Å². The number of ether oxygens (including phenoxy) is 1. The SMILES string of the molecule is Cc1c(C(F)F)cc(C(F)(F)F)nc1OC(F)(F)F. The summed E-state index contributed by atoms with van der Waals surface area (Å²) in [4.78, 5) is 2.57. The Morgan fingerprint density at radius 3 is 2.00 bits per heavy atom. The van der Waals surface area contributed by atoms with Gasteiger partial charge in [0.1, 0.15) is 5.69 Å². The summed E-state index contributed by atoms with van der Waals surface area (Å²) in [6.07, 6.45) is -13.9. The Kier molecular flexibility index (Phi) is 3.92. The first-order valence-electron chi connectivity index (χ1n) is 4.54. The number of alkyl halides is 8. The molecule has 0 atom stereocenters. The molecular formula is C9H5F8NO. The summed E-state index contributed by atoms with van der Waals surface area (Å²) in [5.41, 5.74) is -3.91. The van der Waals surface area contributed by atoms with Crippen molar-refractivity contribution in [2.75, 3.05) is 0 Å². The van der Waals surface area contributed by atoms with Gasteiger partial charge in [0.2, 0.25) is 5.88 Å². The number of pyridine rings is 1. The van der Waals surface area contributed by atoms with Crippen molar-refractivity contribution in [1.29, 1.82) is 0 Å². The highest BCUT2D eigenvalue weighted by atomic mass is 19.4. The van der Waals surface area contributed by atoms with Crippen molar-refractivity contribution >= 4 is 0 Å². The maximum absolute atomic E-state index is 12.5. The highest BCUT2D eigenvalue weighted by Crippen LogP contribution is 2.36. The Bertz CT molecular complexity index is 465. The van der Waals surface area contributed by atoms with Crippen LogP contribution in [-0.2, 0) is 6.18 Å². The largest absolute Gasteiger partial charge is 0.574 e. The topological polar surface area (TPSA) is 22.1 Å². The van der Waals surface area contributed by atoms with Gasteiger partial charge in [-0.15, -0.1) is 13.2 Å². The van der Waals surface area contributed by atoms with Gasteiger partial charge in [-0.25, -0.2) is 13.8 Å². The highest BCUT2D eigenvalue weighted by Gasteiger charge is 2.38. The van der Waals surface area contributed by atoms with Crippen LogP contribution in [0, 0.1) is 6.92 Å². The van der Waals surface area contributed by atoms with E-state index >= 15 is 0 Å². The zero-order valence-corrected chi connectivity index (χ0v) is 9.03. The second-order valence-corrected chi connectivity index (χ2v) is 3.37. The van der Waals surface area contributed by atoms with Crippen molar-refractivity contribution in [2.24, 2.45) is 0 Å². The van der Waals surface area contributed by atoms with Crippen LogP contribution in [0.25, 0.3) is 0 Å². The van der Waals surface area contributed by atoms with Crippen molar-refractivity contribution in [2.45, 2.75) is 25.9 Å². The van der Waals surface area contributed by atoms with Gasteiger partial charge in [-0.1, -0.05) is 0 Å². The van der Waals surface area contributed by atoms with E-state index in [1.54, 1.807) is 0 Å². The van der Waals surface area contributed by atoms with E-state index < -0.39 is 41.7 Å². The van der Waals surface area contributed by atoms with Crippen LogP contribution in [0.1, 0.15) is 23.2 Å². The first-order chi connectivity index (χ1) is 8.42. The molecule has 0 aliphatic heterocycles. The van der Waals surface area contributed by atoms with Crippen LogP contribution < -0.4 is 4.74 Å². The van der Waals surface area contributed by atoms with Gasteiger partial charge in [0.25, 0.3) is 6.43 Å². The highest BCUT2D eigenvalue weighted by molar-refractivity contribution is 5.37. The standard InChI is InChI=1S/C9H5F8NO/c1-3-4(6(10)11)2-5(8(12,13)14)18-7(3)19-9(15,16)17/h2,6H,1H3. The predicted octanol–water partition coefficient (Wildman–Crippen LogP) is 4.25. The van der Waals surface area contributed by atoms with Gasteiger partial charge < -0.3 is 4.74 Å². The van der Waals surface area contributed by atoms with Crippen LogP contribution in [0.15, 0.2) is 6.07 Å². The molecule has 0 radical (unpaired) electrons. The fourth-order valence-corrected chi connectivity index (χ4v) is 1.19. The normalized spacial score (nSPS) is 12.9. The molecule has 0 aliphatic rings. The number of aromatic nitrogens is 1. The third kappa shape index (κ3) is 3.93. The smallest absolute Gasteiger partial charge is 0.388 e. The molecule has 1 aromatic rings. The number of hydrogen-bond donors (Lipinski definition) is 0. The molecule has 1 rings (SSSR count). The summed E-state index contributed by atoms with van der Waals surface area (Å²) >= 11 is 0. The minimum absolute atomic E-state index is 0.0107. The molecular weight excluding hydrogens is 290 g/mol. The van der Waals surface area contributed by atoms with E-state index in [2.05, 4.69) is 9.72 Å². The van der Waals surface area contributed by atoms with Gasteiger partial charge >= 0.3 is 12.5 Å². The third-order valence-corrected chi connectivity index (χ3v) is 2.01. The lowest BCUT2D eigenvalue weighted by molar-refractivity contribution is -0.276. The lowest BCUT2D eigenvalue weighted by atomic mass is 10.1. The number of hydrogen-bond acceptors (Lipinski definition) is 2. The summed E-state index contributed by atoms with van der Waals surface area (Å²) < 4.78 is 101. The van der Waals surface area contributed by atoms with Crippen LogP contribution >= 0.6 is 0 Å². The molecule has 0 aliphatic carbocycles. The van der Waals surface area contributed by atoms with Gasteiger partial charge in [-0.05, 0) is 13.0 Å². The summed E-state index contributed by atoms with van der Waals surface area (Å²) in [5.74, 6) is -1.54. The van der Waals surface area contributed by atoms with Gasteiger partial charge in [-0.3, -0.25) is 0 Å². The van der Waals surface area contributed by atoms with Gasteiger partial charge in [-0.2, -0.15) is 13.2 Å². The molecule has 0 unspecified atom stereocenters. The number of rotatable bonds is 2. The minimum atomic E-state index is -5.33. The maximum Gasteiger partial charge on any atom is 0.574 e. The quantitative estimate of drug-likeness (QED) is 0.761. The van der Waals surface area contributed by atoms with E-state index in [1.165, 1.54) is 0 Å². The monoisotopic (exact) mass is 295 g/mol. The fraction of sp³-hybridized carbons (Fsp3) is 0.444. The number of nitrogens with zero attached hydrogens (tertiary/aromatic N) is 1. The van der Waals surface area contributed by atoms with E-state index in [9.17, 15) is 35.1 Å². The van der Waals surface area contributed by atoms with Crippen LogP contribution in [-0.4, -0.2) is 11.3 Å². The molecule has 19 heavy (non-hydrogen) atoms. The van der Waals surface area contributed by atoms with Gasteiger partial charge in [0, 0.05) is 11.1 Å². The van der Waals surface area contributed by atoms with E-state index in [0.717, 1.165) is 6.92 Å². The molecule has 10 heteroatoms. The molecule has 2 nitrogen and oxygen atoms in total. The molecule has 0 fully saturated rings. The molecule has 0 amide bonds. The Labute approximate surface area is 101 Å². The van der Waals surface area contributed by atoms with Crippen molar-refractivity contribution < 1.29 is 39.9 Å². The van der Waals surface area contributed by atoms with Crippen molar-refractivity contribution in [3.05, 3.63) is 22.9 Å². The second-order valence-electron chi connectivity index (χ2n) is 3.37. The van der Waals surface area contributed by atoms with Crippen LogP contribution in [0.5, 0.6) is 5.88 Å². The van der Waals surface area contributed by atoms with E-state index in [-0.39, 0.29) is 6.07 Å². The molecule has 1 heterocycles. The molecule has 0 aromatic carbocycles. The summed E-state index contributed by atoms with van der Waals surface area (Å²) in [7, 11) is 0. The number of halogens is 8. The van der Waals surface area contributed by atoms with Crippen molar-refractivity contribution in [1.82, 2.24) is 4.98 Å². The van der Waals surface area contributed by atoms with Crippen molar-refractivity contribution in [3.63, 3.8) is 0 Å². The van der Waals surface area contributed by atoms with Gasteiger partial charge in [0.15, 0.2) is 0 Å². The van der Waals surface area contributed by atoms with Gasteiger partial charge in [0.05, 0.1) is 0 Å². The summed E-state index contributed by atoms with van der Waals surface area (Å²) in [5, 5.41) is 0. The summed E-state index contributed by atoms with van der Waals surface area (Å²) in [6, 6.07) is -0.0107. The van der Waals surface area contributed by atoms with Crippen LogP contribution in [0.4, 0.5) is 35.1 Å². The fourth-order valence-electron chi connectivity index (χ4n) is 1.19. The Morgan fingerprint density at radius 1 is 1.11 bits per heavy atom. The molecule has 0 N–H and O–H groups in total. The molecule has 1 aromatic heterocycles. The summed E-state index contributed by atoms with van der Waals surface area (Å²) in [6.45, 7) is 0.760. The van der Waals surface area contributed by atoms with E-state index in [1.807, 2.05) is 0 Å². The first-order valence-corrected chi connectivity index (χ1v) is 4.54. The lowest BCUT2D eigenvalue weighted by Gasteiger charge is -2.16. The van der Waals surface area contributed by atoms with Crippen molar-refractivity contribution in [3.8, 4) is 5.88 Å². The maximum atomic E-state index is 12.5. The zero-order valence-electron chi connectivity index (χ0n) is 9.03. The van der Waals surface area contributed by atoms with E-state index in [4.69, 9.17) is 0 Å². The Morgan fingerprint density at radius 2 is 1.63 bits per heavy atom. The predicted molar refractivity (Wildman–Crippen MR) is 45.6 cm³/mol. The average Bonchev–Trinajstić information content (AvgIpc) is 2.16. The first kappa shape index (κ1) is 15.4. The Balaban J connectivity index is 3.41. The molecule has 0 bridgehead atoms. The average molecular weight is 295 g/mol. The lowest BCUT2D eigenvalue weighted by Crippen LogP contribution is -2.21. The molecule has 0 spiro atoms. The molecule has 0 saturated heterocycles. The zero-order chi connectivity index (χ0) is 15.0. The molecule has 0 saturated carbocycles. The third-order valence-electron chi connectivity index (χ3n) is 2.01. The molecule has 108 valence electrons. The Hall–Kier alpha value is -1.61. The second kappa shape index (κ2) is 4.82.